The van der Waals surface area contributed by atoms with Gasteiger partial charge in [0.1, 0.15) is 0 Å². The topological polar surface area (TPSA) is 36.4 Å². The first-order chi connectivity index (χ1) is 8.38. The van der Waals surface area contributed by atoms with Gasteiger partial charge in [-0.05, 0) is 36.8 Å². The Kier molecular flexibility index (Phi) is 4.74. The van der Waals surface area contributed by atoms with Crippen LogP contribution in [0.15, 0.2) is 34.2 Å². The minimum absolute atomic E-state index is 0.935. The van der Waals surface area contributed by atoms with Crippen molar-refractivity contribution in [2.75, 3.05) is 25.9 Å². The van der Waals surface area contributed by atoms with Gasteiger partial charge in [0.25, 0.3) is 0 Å². The third-order valence-electron chi connectivity index (χ3n) is 2.76. The second kappa shape index (κ2) is 6.55. The van der Waals surface area contributed by atoms with Crippen molar-refractivity contribution in [3.8, 4) is 0 Å². The van der Waals surface area contributed by atoms with E-state index in [0.29, 0.717) is 0 Å². The molecule has 0 spiro atoms. The van der Waals surface area contributed by atoms with Crippen LogP contribution in [0, 0.1) is 0 Å². The molecule has 0 atom stereocenters. The highest BCUT2D eigenvalue weighted by atomic mass is 32.2. The molecule has 0 saturated carbocycles. The third-order valence-corrected chi connectivity index (χ3v) is 3.51. The molecule has 1 aromatic carbocycles. The number of nitrogens with zero attached hydrogens (tertiary/aromatic N) is 1. The van der Waals surface area contributed by atoms with Crippen LogP contribution in [0.2, 0.25) is 0 Å². The van der Waals surface area contributed by atoms with Crippen molar-refractivity contribution in [1.82, 2.24) is 10.6 Å². The number of guanidine groups is 1. The predicted octanol–water partition coefficient (Wildman–Crippen LogP) is 1.89. The standard InChI is InChI=1S/C13H19N3S/c1-17-12-5-3-11(4-6-12)7-10-16-13-14-8-2-9-15-13/h3-6H,2,7-10H2,1H3,(H2,14,15,16). The first-order valence-electron chi connectivity index (χ1n) is 6.03. The molecule has 0 fully saturated rings. The maximum absolute atomic E-state index is 4.38. The molecule has 17 heavy (non-hydrogen) atoms. The van der Waals surface area contributed by atoms with Crippen LogP contribution in [0.5, 0.6) is 0 Å². The van der Waals surface area contributed by atoms with Crippen molar-refractivity contribution in [2.45, 2.75) is 17.7 Å². The van der Waals surface area contributed by atoms with Crippen molar-refractivity contribution in [1.29, 1.82) is 0 Å². The first kappa shape index (κ1) is 12.3. The second-order valence-electron chi connectivity index (χ2n) is 4.04. The number of rotatable bonds is 4. The summed E-state index contributed by atoms with van der Waals surface area (Å²) in [5.41, 5.74) is 1.37. The van der Waals surface area contributed by atoms with E-state index in [1.165, 1.54) is 10.5 Å². The molecule has 1 heterocycles. The zero-order valence-electron chi connectivity index (χ0n) is 10.2. The highest BCUT2D eigenvalue weighted by Crippen LogP contribution is 2.14. The van der Waals surface area contributed by atoms with Crippen LogP contribution in [0.25, 0.3) is 0 Å². The molecule has 1 aliphatic rings. The Morgan fingerprint density at radius 1 is 1.35 bits per heavy atom. The summed E-state index contributed by atoms with van der Waals surface area (Å²) in [4.78, 5) is 5.70. The van der Waals surface area contributed by atoms with Gasteiger partial charge in [-0.1, -0.05) is 12.1 Å². The normalized spacial score (nSPS) is 15.0. The Labute approximate surface area is 107 Å². The summed E-state index contributed by atoms with van der Waals surface area (Å²) in [7, 11) is 0. The molecule has 1 aromatic rings. The molecule has 92 valence electrons. The number of hydrogen-bond acceptors (Lipinski definition) is 4. The zero-order valence-corrected chi connectivity index (χ0v) is 11.0. The molecule has 4 heteroatoms. The van der Waals surface area contributed by atoms with Crippen molar-refractivity contribution in [3.05, 3.63) is 29.8 Å². The number of benzene rings is 1. The number of thioether (sulfide) groups is 1. The summed E-state index contributed by atoms with van der Waals surface area (Å²) in [6.45, 7) is 2.91. The molecule has 0 amide bonds. The van der Waals surface area contributed by atoms with Gasteiger partial charge in [-0.15, -0.1) is 11.8 Å². The Bertz CT molecular complexity index is 373. The Morgan fingerprint density at radius 2 is 2.18 bits per heavy atom. The molecule has 0 aliphatic carbocycles. The largest absolute Gasteiger partial charge is 0.356 e. The monoisotopic (exact) mass is 249 g/mol. The van der Waals surface area contributed by atoms with Gasteiger partial charge in [-0.25, -0.2) is 0 Å². The Morgan fingerprint density at radius 3 is 2.82 bits per heavy atom. The van der Waals surface area contributed by atoms with Crippen molar-refractivity contribution >= 4 is 17.7 Å². The fraction of sp³-hybridized carbons (Fsp3) is 0.462. The van der Waals surface area contributed by atoms with E-state index in [9.17, 15) is 0 Å². The van der Waals surface area contributed by atoms with E-state index in [2.05, 4.69) is 46.1 Å². The van der Waals surface area contributed by atoms with Gasteiger partial charge in [-0.2, -0.15) is 0 Å². The van der Waals surface area contributed by atoms with E-state index in [-0.39, 0.29) is 0 Å². The van der Waals surface area contributed by atoms with Crippen LogP contribution >= 0.6 is 11.8 Å². The zero-order chi connectivity index (χ0) is 11.9. The lowest BCUT2D eigenvalue weighted by Crippen LogP contribution is -2.41. The fourth-order valence-electron chi connectivity index (χ4n) is 1.77. The van der Waals surface area contributed by atoms with Gasteiger partial charge < -0.3 is 10.6 Å². The molecule has 2 N–H and O–H groups in total. The van der Waals surface area contributed by atoms with Gasteiger partial charge in [-0.3, -0.25) is 4.99 Å². The van der Waals surface area contributed by atoms with E-state index in [1.54, 1.807) is 11.8 Å². The summed E-state index contributed by atoms with van der Waals surface area (Å²) >= 11 is 1.78. The summed E-state index contributed by atoms with van der Waals surface area (Å²) in [5.74, 6) is 0.956. The third kappa shape index (κ3) is 3.97. The lowest BCUT2D eigenvalue weighted by Gasteiger charge is -2.15. The van der Waals surface area contributed by atoms with Gasteiger partial charge in [0.2, 0.25) is 0 Å². The van der Waals surface area contributed by atoms with E-state index < -0.39 is 0 Å². The van der Waals surface area contributed by atoms with Crippen molar-refractivity contribution < 1.29 is 0 Å². The predicted molar refractivity (Wildman–Crippen MR) is 74.9 cm³/mol. The molecule has 0 radical (unpaired) electrons. The van der Waals surface area contributed by atoms with Gasteiger partial charge in [0.05, 0.1) is 0 Å². The van der Waals surface area contributed by atoms with Gasteiger partial charge in [0, 0.05) is 24.5 Å². The first-order valence-corrected chi connectivity index (χ1v) is 7.26. The molecule has 0 aromatic heterocycles. The molecule has 0 bridgehead atoms. The quantitative estimate of drug-likeness (QED) is 0.800. The van der Waals surface area contributed by atoms with Crippen LogP contribution in [0.3, 0.4) is 0 Å². The summed E-state index contributed by atoms with van der Waals surface area (Å²) in [5, 5.41) is 6.59. The van der Waals surface area contributed by atoms with Gasteiger partial charge >= 0.3 is 0 Å². The number of nitrogens with one attached hydrogen (secondary N) is 2. The molecular formula is C13H19N3S. The highest BCUT2D eigenvalue weighted by Gasteiger charge is 2.02. The number of hydrogen-bond donors (Lipinski definition) is 2. The maximum Gasteiger partial charge on any atom is 0.191 e. The molecule has 0 unspecified atom stereocenters. The lowest BCUT2D eigenvalue weighted by atomic mass is 10.1. The van der Waals surface area contributed by atoms with Crippen LogP contribution in [-0.2, 0) is 6.42 Å². The van der Waals surface area contributed by atoms with Crippen LogP contribution in [0.1, 0.15) is 12.0 Å². The van der Waals surface area contributed by atoms with Crippen LogP contribution in [0.4, 0.5) is 0 Å². The minimum Gasteiger partial charge on any atom is -0.356 e. The smallest absolute Gasteiger partial charge is 0.191 e. The second-order valence-corrected chi connectivity index (χ2v) is 4.92. The fourth-order valence-corrected chi connectivity index (χ4v) is 2.18. The van der Waals surface area contributed by atoms with E-state index in [0.717, 1.165) is 38.4 Å². The SMILES string of the molecule is CSc1ccc(CCNC2=NCCCN2)cc1. The summed E-state index contributed by atoms with van der Waals surface area (Å²) in [6.07, 6.45) is 4.28. The van der Waals surface area contributed by atoms with Crippen LogP contribution in [-0.4, -0.2) is 31.8 Å². The average Bonchev–Trinajstić information content (AvgIpc) is 2.41. The molecular weight excluding hydrogens is 230 g/mol. The molecule has 2 rings (SSSR count). The Hall–Kier alpha value is -1.16. The minimum atomic E-state index is 0.935. The van der Waals surface area contributed by atoms with E-state index in [4.69, 9.17) is 0 Å². The lowest BCUT2D eigenvalue weighted by molar-refractivity contribution is 0.700. The summed E-state index contributed by atoms with van der Waals surface area (Å²) in [6, 6.07) is 8.75. The molecule has 3 nitrogen and oxygen atoms in total. The van der Waals surface area contributed by atoms with E-state index in [1.807, 2.05) is 0 Å². The van der Waals surface area contributed by atoms with Gasteiger partial charge in [0.15, 0.2) is 5.96 Å². The Balaban J connectivity index is 1.75. The average molecular weight is 249 g/mol. The summed E-state index contributed by atoms with van der Waals surface area (Å²) < 4.78 is 0. The molecule has 1 aliphatic heterocycles. The number of aliphatic imine (C=N–C) groups is 1. The molecule has 0 saturated heterocycles. The van der Waals surface area contributed by atoms with Crippen molar-refractivity contribution in [3.63, 3.8) is 0 Å². The van der Waals surface area contributed by atoms with Crippen LogP contribution < -0.4 is 10.6 Å². The van der Waals surface area contributed by atoms with E-state index >= 15 is 0 Å². The maximum atomic E-state index is 4.38. The highest BCUT2D eigenvalue weighted by molar-refractivity contribution is 7.98. The van der Waals surface area contributed by atoms with Crippen molar-refractivity contribution in [2.24, 2.45) is 4.99 Å².